The first kappa shape index (κ1) is 20.8. The molecule has 11 heteroatoms. The normalized spacial score (nSPS) is 11.9. The van der Waals surface area contributed by atoms with Gasteiger partial charge in [-0.3, -0.25) is 4.79 Å². The number of sulfone groups is 1. The molecule has 0 aliphatic heterocycles. The van der Waals surface area contributed by atoms with Crippen molar-refractivity contribution in [3.63, 3.8) is 0 Å². The van der Waals surface area contributed by atoms with E-state index in [4.69, 9.17) is 14.6 Å². The number of aliphatic hydroxyl groups is 1. The zero-order chi connectivity index (χ0) is 22.3. The van der Waals surface area contributed by atoms with Crippen LogP contribution in [0.4, 0.5) is 0 Å². The number of methoxy groups -OCH3 is 1. The maximum atomic E-state index is 13.3. The first-order valence-corrected chi connectivity index (χ1v) is 10.8. The summed E-state index contributed by atoms with van der Waals surface area (Å²) in [6.45, 7) is 3.36. The zero-order valence-electron chi connectivity index (χ0n) is 17.0. The van der Waals surface area contributed by atoms with Gasteiger partial charge in [0.15, 0.2) is 17.1 Å². The van der Waals surface area contributed by atoms with Crippen molar-refractivity contribution < 1.29 is 23.0 Å². The van der Waals surface area contributed by atoms with Gasteiger partial charge in [-0.2, -0.15) is 4.98 Å². The van der Waals surface area contributed by atoms with Crippen LogP contribution >= 0.6 is 0 Å². The minimum atomic E-state index is -4.05. The number of H-pyrrole nitrogens is 1. The van der Waals surface area contributed by atoms with Gasteiger partial charge in [0.2, 0.25) is 14.9 Å². The quantitative estimate of drug-likeness (QED) is 0.455. The first-order valence-electron chi connectivity index (χ1n) is 9.33. The number of nitrogens with zero attached hydrogens (tertiary/aromatic N) is 3. The number of aliphatic hydroxyl groups excluding tert-OH is 1. The number of hydrogen-bond donors (Lipinski definition) is 2. The van der Waals surface area contributed by atoms with Crippen LogP contribution < -0.4 is 15.0 Å². The van der Waals surface area contributed by atoms with Crippen molar-refractivity contribution in [2.75, 3.05) is 20.3 Å². The van der Waals surface area contributed by atoms with Crippen molar-refractivity contribution >= 4 is 26.4 Å². The van der Waals surface area contributed by atoms with Crippen LogP contribution in [0.3, 0.4) is 0 Å². The summed E-state index contributed by atoms with van der Waals surface area (Å²) >= 11 is 0. The van der Waals surface area contributed by atoms with E-state index >= 15 is 0 Å². The Kier molecular flexibility index (Phi) is 5.15. The van der Waals surface area contributed by atoms with Crippen molar-refractivity contribution in [2.45, 2.75) is 23.8 Å². The predicted molar refractivity (Wildman–Crippen MR) is 112 cm³/mol. The molecule has 0 unspecified atom stereocenters. The fraction of sp³-hybridized carbons (Fsp3) is 0.250. The smallest absolute Gasteiger partial charge is 0.281 e. The molecule has 0 bridgehead atoms. The number of aromatic nitrogens is 4. The highest BCUT2D eigenvalue weighted by Crippen LogP contribution is 2.32. The number of benzene rings is 2. The molecule has 31 heavy (non-hydrogen) atoms. The van der Waals surface area contributed by atoms with Crippen LogP contribution in [0.15, 0.2) is 45.0 Å². The Bertz CT molecular complexity index is 1470. The van der Waals surface area contributed by atoms with Crippen LogP contribution in [-0.2, 0) is 9.84 Å². The molecular formula is C20H20N4O6S. The molecule has 2 heterocycles. The van der Waals surface area contributed by atoms with E-state index in [0.29, 0.717) is 11.1 Å². The lowest BCUT2D eigenvalue weighted by Crippen LogP contribution is -2.13. The third-order valence-electron chi connectivity index (χ3n) is 4.84. The second kappa shape index (κ2) is 7.67. The minimum absolute atomic E-state index is 0.0142. The summed E-state index contributed by atoms with van der Waals surface area (Å²) in [6.07, 6.45) is 0. The van der Waals surface area contributed by atoms with E-state index in [1.165, 1.54) is 29.8 Å². The molecular weight excluding hydrogens is 424 g/mol. The number of fused-ring (bicyclic) bond motifs is 3. The number of ether oxygens (including phenoxy) is 2. The summed E-state index contributed by atoms with van der Waals surface area (Å²) in [5, 5.41) is 15.5. The van der Waals surface area contributed by atoms with Gasteiger partial charge in [-0.1, -0.05) is 17.7 Å². The topological polar surface area (TPSA) is 136 Å². The van der Waals surface area contributed by atoms with Crippen LogP contribution in [0, 0.1) is 13.8 Å². The Morgan fingerprint density at radius 3 is 2.61 bits per heavy atom. The first-order chi connectivity index (χ1) is 14.8. The number of hydrogen-bond acceptors (Lipinski definition) is 8. The number of aromatic amines is 1. The van der Waals surface area contributed by atoms with Crippen LogP contribution in [0.1, 0.15) is 11.1 Å². The van der Waals surface area contributed by atoms with Gasteiger partial charge in [0.25, 0.3) is 5.56 Å². The lowest BCUT2D eigenvalue weighted by molar-refractivity contribution is 0.196. The fourth-order valence-corrected chi connectivity index (χ4v) is 4.91. The molecule has 2 aromatic carbocycles. The molecule has 0 spiro atoms. The molecule has 0 atom stereocenters. The van der Waals surface area contributed by atoms with E-state index in [1.807, 2.05) is 6.92 Å². The standard InChI is InChI=1S/C20H20N4O6S/c1-11-4-5-17(12(2)8-11)31(27,28)20-18-21-19(26)13-9-15(29-3)16(30-7-6-25)10-14(13)24(18)23-22-20/h4-5,8-10,23,25H,6-7H2,1-3H3. The third kappa shape index (κ3) is 3.41. The summed E-state index contributed by atoms with van der Waals surface area (Å²) in [7, 11) is -2.63. The van der Waals surface area contributed by atoms with Gasteiger partial charge in [0, 0.05) is 6.07 Å². The van der Waals surface area contributed by atoms with E-state index < -0.39 is 15.4 Å². The van der Waals surface area contributed by atoms with Crippen LogP contribution in [-0.4, -0.2) is 53.7 Å². The summed E-state index contributed by atoms with van der Waals surface area (Å²) in [4.78, 5) is 16.8. The molecule has 10 nitrogen and oxygen atoms in total. The molecule has 0 saturated carbocycles. The van der Waals surface area contributed by atoms with Gasteiger partial charge < -0.3 is 14.6 Å². The Morgan fingerprint density at radius 1 is 1.16 bits per heavy atom. The fourth-order valence-electron chi connectivity index (χ4n) is 3.43. The molecule has 0 radical (unpaired) electrons. The number of aryl methyl sites for hydroxylation is 2. The predicted octanol–water partition coefficient (Wildman–Crippen LogP) is 1.40. The molecule has 0 aliphatic rings. The lowest BCUT2D eigenvalue weighted by Gasteiger charge is -2.11. The maximum absolute atomic E-state index is 13.3. The van der Waals surface area contributed by atoms with Crippen molar-refractivity contribution in [1.29, 1.82) is 0 Å². The van der Waals surface area contributed by atoms with Gasteiger partial charge in [-0.05, 0) is 31.5 Å². The molecule has 0 aliphatic carbocycles. The summed E-state index contributed by atoms with van der Waals surface area (Å²) in [6, 6.07) is 7.92. The van der Waals surface area contributed by atoms with E-state index in [0.717, 1.165) is 5.56 Å². The van der Waals surface area contributed by atoms with Gasteiger partial charge in [0.05, 0.1) is 29.5 Å². The van der Waals surface area contributed by atoms with E-state index in [9.17, 15) is 13.2 Å². The molecule has 2 aromatic heterocycles. The molecule has 4 aromatic rings. The molecule has 0 fully saturated rings. The molecule has 0 amide bonds. The third-order valence-corrected chi connectivity index (χ3v) is 6.66. The van der Waals surface area contributed by atoms with E-state index in [2.05, 4.69) is 15.3 Å². The average molecular weight is 444 g/mol. The largest absolute Gasteiger partial charge is 0.493 e. The molecule has 0 saturated heterocycles. The molecule has 162 valence electrons. The highest BCUT2D eigenvalue weighted by molar-refractivity contribution is 7.91. The lowest BCUT2D eigenvalue weighted by atomic mass is 10.2. The van der Waals surface area contributed by atoms with E-state index in [1.54, 1.807) is 19.1 Å². The average Bonchev–Trinajstić information content (AvgIpc) is 3.16. The zero-order valence-corrected chi connectivity index (χ0v) is 17.9. The van der Waals surface area contributed by atoms with Crippen LogP contribution in [0.2, 0.25) is 0 Å². The Morgan fingerprint density at radius 2 is 1.94 bits per heavy atom. The van der Waals surface area contributed by atoms with Gasteiger partial charge >= 0.3 is 0 Å². The summed E-state index contributed by atoms with van der Waals surface area (Å²) in [5.74, 6) is 0.555. The van der Waals surface area contributed by atoms with Crippen molar-refractivity contribution in [3.8, 4) is 11.5 Å². The number of nitrogens with one attached hydrogen (secondary N) is 1. The highest BCUT2D eigenvalue weighted by Gasteiger charge is 2.28. The molecule has 4 rings (SSSR count). The second-order valence-electron chi connectivity index (χ2n) is 6.96. The molecule has 2 N–H and O–H groups in total. The second-order valence-corrected chi connectivity index (χ2v) is 8.79. The minimum Gasteiger partial charge on any atom is -0.493 e. The van der Waals surface area contributed by atoms with Crippen molar-refractivity contribution in [3.05, 3.63) is 51.8 Å². The van der Waals surface area contributed by atoms with Gasteiger partial charge in [-0.15, -0.1) is 5.10 Å². The summed E-state index contributed by atoms with van der Waals surface area (Å²) in [5.41, 5.74) is 1.02. The van der Waals surface area contributed by atoms with E-state index in [-0.39, 0.29) is 45.7 Å². The van der Waals surface area contributed by atoms with Crippen LogP contribution in [0.5, 0.6) is 11.5 Å². The Hall–Kier alpha value is -3.44. The van der Waals surface area contributed by atoms with Crippen molar-refractivity contribution in [2.24, 2.45) is 0 Å². The van der Waals surface area contributed by atoms with Crippen molar-refractivity contribution in [1.82, 2.24) is 19.8 Å². The van der Waals surface area contributed by atoms with Gasteiger partial charge in [0.1, 0.15) is 6.61 Å². The number of rotatable bonds is 6. The Balaban J connectivity index is 1.99. The Labute approximate surface area is 177 Å². The highest BCUT2D eigenvalue weighted by atomic mass is 32.2. The summed E-state index contributed by atoms with van der Waals surface area (Å²) < 4.78 is 38.6. The van der Waals surface area contributed by atoms with Crippen LogP contribution in [0.25, 0.3) is 16.6 Å². The maximum Gasteiger partial charge on any atom is 0.281 e. The monoisotopic (exact) mass is 444 g/mol. The van der Waals surface area contributed by atoms with Gasteiger partial charge in [-0.25, -0.2) is 18.1 Å². The SMILES string of the molecule is COc1cc2c(=O)nc3c(S(=O)(=O)c4ccc(C)cc4C)n[nH]n3c2cc1OCCO.